The van der Waals surface area contributed by atoms with Crippen molar-refractivity contribution in [2.75, 3.05) is 6.61 Å². The normalized spacial score (nSPS) is 17.6. The lowest BCUT2D eigenvalue weighted by molar-refractivity contribution is -0.148. The number of ether oxygens (including phenoxy) is 1. The zero-order valence-electron chi connectivity index (χ0n) is 10.3. The molecule has 0 heterocycles. The van der Waals surface area contributed by atoms with Crippen LogP contribution >= 0.6 is 7.60 Å². The maximum absolute atomic E-state index is 11.8. The van der Waals surface area contributed by atoms with Crippen LogP contribution < -0.4 is 0 Å². The van der Waals surface area contributed by atoms with E-state index in [-0.39, 0.29) is 13.0 Å². The van der Waals surface area contributed by atoms with E-state index in [9.17, 15) is 19.1 Å². The molecule has 0 radical (unpaired) electrons. The third-order valence-electron chi connectivity index (χ3n) is 3.12. The van der Waals surface area contributed by atoms with Crippen LogP contribution in [0.2, 0.25) is 0 Å². The van der Waals surface area contributed by atoms with Crippen LogP contribution in [0, 0.1) is 5.92 Å². The van der Waals surface area contributed by atoms with Crippen LogP contribution in [0.3, 0.4) is 0 Å². The molecule has 0 rings (SSSR count). The van der Waals surface area contributed by atoms with E-state index in [1.165, 1.54) is 0 Å². The van der Waals surface area contributed by atoms with Crippen LogP contribution in [0.25, 0.3) is 0 Å². The Labute approximate surface area is 96.4 Å². The highest BCUT2D eigenvalue weighted by atomic mass is 31.2. The van der Waals surface area contributed by atoms with E-state index in [1.54, 1.807) is 27.7 Å². The van der Waals surface area contributed by atoms with E-state index in [1.807, 2.05) is 0 Å². The molecule has 0 spiro atoms. The highest BCUT2D eigenvalue weighted by Crippen LogP contribution is 2.57. The summed E-state index contributed by atoms with van der Waals surface area (Å²) in [5, 5.41) is -1.70. The van der Waals surface area contributed by atoms with Gasteiger partial charge in [0, 0.05) is 0 Å². The average Bonchev–Trinajstić information content (AvgIpc) is 2.17. The molecule has 0 fully saturated rings. The Morgan fingerprint density at radius 2 is 1.88 bits per heavy atom. The van der Waals surface area contributed by atoms with Crippen molar-refractivity contribution in [3.05, 3.63) is 0 Å². The number of esters is 1. The van der Waals surface area contributed by atoms with Crippen molar-refractivity contribution in [2.24, 2.45) is 5.92 Å². The van der Waals surface area contributed by atoms with Gasteiger partial charge in [0.15, 0.2) is 5.16 Å². The summed E-state index contributed by atoms with van der Waals surface area (Å²) in [5.74, 6) is -1.21. The molecule has 0 aromatic carbocycles. The molecule has 0 aliphatic carbocycles. The summed E-state index contributed by atoms with van der Waals surface area (Å²) in [6.07, 6.45) is 0.586. The fraction of sp³-hybridized carbons (Fsp3) is 0.900. The third-order valence-corrected chi connectivity index (χ3v) is 5.09. The van der Waals surface area contributed by atoms with Crippen molar-refractivity contribution in [1.82, 2.24) is 0 Å². The molecule has 0 aliphatic heterocycles. The van der Waals surface area contributed by atoms with Crippen LogP contribution in [0.5, 0.6) is 0 Å². The summed E-state index contributed by atoms with van der Waals surface area (Å²) in [5.41, 5.74) is 0. The van der Waals surface area contributed by atoms with Crippen molar-refractivity contribution in [2.45, 2.75) is 45.7 Å². The van der Waals surface area contributed by atoms with E-state index in [0.717, 1.165) is 0 Å². The minimum Gasteiger partial charge on any atom is -0.465 e. The molecule has 2 unspecified atom stereocenters. The maximum atomic E-state index is 11.8. The minimum atomic E-state index is -4.54. The van der Waals surface area contributed by atoms with Crippen molar-refractivity contribution in [3.63, 3.8) is 0 Å². The van der Waals surface area contributed by atoms with Gasteiger partial charge in [-0.05, 0) is 19.3 Å². The van der Waals surface area contributed by atoms with Gasteiger partial charge in [-0.3, -0.25) is 9.36 Å². The first-order valence-electron chi connectivity index (χ1n) is 5.50. The van der Waals surface area contributed by atoms with Crippen molar-refractivity contribution in [3.8, 4) is 0 Å². The molecule has 0 aliphatic rings. The van der Waals surface area contributed by atoms with Crippen LogP contribution in [-0.4, -0.2) is 27.5 Å². The Hall–Kier alpha value is -0.380. The van der Waals surface area contributed by atoms with Gasteiger partial charge in [-0.15, -0.1) is 0 Å². The van der Waals surface area contributed by atoms with Gasteiger partial charge >= 0.3 is 13.6 Å². The standard InChI is InChI=1S/C10H21O5P/c1-5-8(4)10(6-2,16(12,13)14)9(11)15-7-3/h8H,5-7H2,1-4H3,(H2,12,13,14). The van der Waals surface area contributed by atoms with E-state index < -0.39 is 24.6 Å². The molecule has 0 saturated carbocycles. The van der Waals surface area contributed by atoms with Gasteiger partial charge in [0.1, 0.15) is 0 Å². The van der Waals surface area contributed by atoms with Crippen molar-refractivity contribution in [1.29, 1.82) is 0 Å². The first kappa shape index (κ1) is 15.6. The second-order valence-corrected chi connectivity index (χ2v) is 5.74. The lowest BCUT2D eigenvalue weighted by Crippen LogP contribution is -2.45. The molecule has 0 aromatic heterocycles. The SMILES string of the molecule is CCOC(=O)C(CC)(C(C)CC)P(=O)(O)O. The molecule has 96 valence electrons. The summed E-state index contributed by atoms with van der Waals surface area (Å²) in [4.78, 5) is 30.7. The molecule has 16 heavy (non-hydrogen) atoms. The molecular weight excluding hydrogens is 231 g/mol. The lowest BCUT2D eigenvalue weighted by Gasteiger charge is -2.35. The molecular formula is C10H21O5P. The molecule has 0 saturated heterocycles. The Morgan fingerprint density at radius 1 is 1.38 bits per heavy atom. The van der Waals surface area contributed by atoms with E-state index in [0.29, 0.717) is 6.42 Å². The lowest BCUT2D eigenvalue weighted by atomic mass is 9.88. The summed E-state index contributed by atoms with van der Waals surface area (Å²) in [6, 6.07) is 0. The first-order chi connectivity index (χ1) is 7.27. The second-order valence-electron chi connectivity index (χ2n) is 3.85. The molecule has 5 nitrogen and oxygen atoms in total. The van der Waals surface area contributed by atoms with Gasteiger partial charge in [-0.25, -0.2) is 0 Å². The number of hydrogen-bond donors (Lipinski definition) is 2. The number of carbonyl (C=O) groups is 1. The molecule has 0 aromatic rings. The van der Waals surface area contributed by atoms with Crippen molar-refractivity contribution >= 4 is 13.6 Å². The van der Waals surface area contributed by atoms with Crippen LogP contribution in [-0.2, 0) is 14.1 Å². The topological polar surface area (TPSA) is 83.8 Å². The zero-order chi connectivity index (χ0) is 13.0. The molecule has 0 bridgehead atoms. The summed E-state index contributed by atoms with van der Waals surface area (Å²) in [6.45, 7) is 6.80. The smallest absolute Gasteiger partial charge is 0.343 e. The van der Waals surface area contributed by atoms with E-state index in [4.69, 9.17) is 4.74 Å². The number of carbonyl (C=O) groups excluding carboxylic acids is 1. The predicted octanol–water partition coefficient (Wildman–Crippen LogP) is 1.92. The van der Waals surface area contributed by atoms with Crippen molar-refractivity contribution < 1.29 is 23.9 Å². The van der Waals surface area contributed by atoms with Crippen LogP contribution in [0.4, 0.5) is 0 Å². The first-order valence-corrected chi connectivity index (χ1v) is 7.11. The zero-order valence-corrected chi connectivity index (χ0v) is 11.2. The summed E-state index contributed by atoms with van der Waals surface area (Å²) < 4.78 is 16.4. The fourth-order valence-electron chi connectivity index (χ4n) is 1.90. The highest BCUT2D eigenvalue weighted by Gasteiger charge is 2.56. The Kier molecular flexibility index (Phi) is 5.66. The molecule has 2 atom stereocenters. The second kappa shape index (κ2) is 5.80. The summed E-state index contributed by atoms with van der Waals surface area (Å²) in [7, 11) is -4.54. The number of rotatable bonds is 6. The Bertz CT molecular complexity index is 285. The fourth-order valence-corrected chi connectivity index (χ4v) is 3.37. The van der Waals surface area contributed by atoms with Crippen LogP contribution in [0.1, 0.15) is 40.5 Å². The molecule has 6 heteroatoms. The highest BCUT2D eigenvalue weighted by molar-refractivity contribution is 7.54. The largest absolute Gasteiger partial charge is 0.465 e. The minimum absolute atomic E-state index is 0.0745. The summed E-state index contributed by atoms with van der Waals surface area (Å²) >= 11 is 0. The van der Waals surface area contributed by atoms with Gasteiger partial charge in [-0.1, -0.05) is 27.2 Å². The Morgan fingerprint density at radius 3 is 2.12 bits per heavy atom. The van der Waals surface area contributed by atoms with Gasteiger partial charge in [0.2, 0.25) is 0 Å². The Balaban J connectivity index is 5.47. The third kappa shape index (κ3) is 2.65. The van der Waals surface area contributed by atoms with E-state index >= 15 is 0 Å². The predicted molar refractivity (Wildman–Crippen MR) is 61.2 cm³/mol. The average molecular weight is 252 g/mol. The van der Waals surface area contributed by atoms with Gasteiger partial charge in [-0.2, -0.15) is 0 Å². The maximum Gasteiger partial charge on any atom is 0.343 e. The van der Waals surface area contributed by atoms with Gasteiger partial charge < -0.3 is 14.5 Å². The molecule has 2 N–H and O–H groups in total. The molecule has 0 amide bonds. The monoisotopic (exact) mass is 252 g/mol. The quantitative estimate of drug-likeness (QED) is 0.557. The van der Waals surface area contributed by atoms with Gasteiger partial charge in [0.05, 0.1) is 6.61 Å². The van der Waals surface area contributed by atoms with E-state index in [2.05, 4.69) is 0 Å². The van der Waals surface area contributed by atoms with Crippen LogP contribution in [0.15, 0.2) is 0 Å². The number of hydrogen-bond acceptors (Lipinski definition) is 3. The van der Waals surface area contributed by atoms with Gasteiger partial charge in [0.25, 0.3) is 0 Å².